The zero-order valence-corrected chi connectivity index (χ0v) is 6.26. The van der Waals surface area contributed by atoms with E-state index in [9.17, 15) is 9.18 Å². The minimum absolute atomic E-state index is 0.0362. The number of carbonyl (C=O) groups excluding carboxylic acids is 1. The molecule has 0 amide bonds. The Kier molecular flexibility index (Phi) is 1.24. The normalized spacial score (nSPS) is 46.7. The molecule has 2 bridgehead atoms. The van der Waals surface area contributed by atoms with Gasteiger partial charge in [0.1, 0.15) is 11.7 Å². The molecule has 2 heterocycles. The predicted molar refractivity (Wildman–Crippen MR) is 35.8 cm³/mol. The van der Waals surface area contributed by atoms with E-state index in [0.29, 0.717) is 13.0 Å². The van der Waals surface area contributed by atoms with E-state index >= 15 is 0 Å². The third kappa shape index (κ3) is 0.630. The maximum Gasteiger partial charge on any atom is 0.329 e. The van der Waals surface area contributed by atoms with Crippen molar-refractivity contribution in [2.45, 2.75) is 18.1 Å². The van der Waals surface area contributed by atoms with Crippen LogP contribution in [-0.4, -0.2) is 31.3 Å². The Morgan fingerprint density at radius 1 is 1.82 bits per heavy atom. The number of halogens is 1. The van der Waals surface area contributed by atoms with Gasteiger partial charge in [-0.05, 0) is 6.42 Å². The van der Waals surface area contributed by atoms with Crippen molar-refractivity contribution in [2.24, 2.45) is 5.92 Å². The van der Waals surface area contributed by atoms with Crippen LogP contribution in [0.25, 0.3) is 0 Å². The van der Waals surface area contributed by atoms with Crippen molar-refractivity contribution >= 4 is 5.97 Å². The SMILES string of the molecule is COC(=O)[C@@]12C[C@@H](CN1)[C@@H]2F. The molecular weight excluding hydrogens is 149 g/mol. The van der Waals surface area contributed by atoms with Gasteiger partial charge in [0, 0.05) is 12.5 Å². The highest BCUT2D eigenvalue weighted by molar-refractivity contribution is 5.84. The summed E-state index contributed by atoms with van der Waals surface area (Å²) in [6.45, 7) is 0.607. The number of alkyl halides is 1. The van der Waals surface area contributed by atoms with E-state index in [2.05, 4.69) is 10.1 Å². The van der Waals surface area contributed by atoms with E-state index < -0.39 is 17.7 Å². The fourth-order valence-electron chi connectivity index (χ4n) is 1.98. The zero-order valence-electron chi connectivity index (χ0n) is 6.26. The standard InChI is InChI=1S/C7H10FNO2/c1-11-6(10)7-2-4(3-9-7)5(7)8/h4-5,9H,2-3H2,1H3/t4-,5-,7-/m0/s1. The highest BCUT2D eigenvalue weighted by Gasteiger charge is 2.65. The largest absolute Gasteiger partial charge is 0.468 e. The molecule has 3 rings (SSSR count). The Hall–Kier alpha value is -0.640. The molecule has 1 aliphatic carbocycles. The number of fused-ring (bicyclic) bond motifs is 1. The second kappa shape index (κ2) is 1.94. The summed E-state index contributed by atoms with van der Waals surface area (Å²) in [4.78, 5) is 11.1. The van der Waals surface area contributed by atoms with Gasteiger partial charge in [0.2, 0.25) is 0 Å². The number of nitrogens with one attached hydrogen (secondary N) is 1. The summed E-state index contributed by atoms with van der Waals surface area (Å²) < 4.78 is 17.6. The van der Waals surface area contributed by atoms with Gasteiger partial charge in [-0.15, -0.1) is 0 Å². The molecule has 11 heavy (non-hydrogen) atoms. The van der Waals surface area contributed by atoms with Crippen LogP contribution in [0.3, 0.4) is 0 Å². The summed E-state index contributed by atoms with van der Waals surface area (Å²) >= 11 is 0. The molecule has 3 atom stereocenters. The highest BCUT2D eigenvalue weighted by atomic mass is 19.1. The van der Waals surface area contributed by atoms with Crippen molar-refractivity contribution in [3.63, 3.8) is 0 Å². The minimum atomic E-state index is -1.03. The van der Waals surface area contributed by atoms with Gasteiger partial charge in [-0.3, -0.25) is 5.32 Å². The monoisotopic (exact) mass is 159 g/mol. The lowest BCUT2D eigenvalue weighted by Crippen LogP contribution is -2.60. The Balaban J connectivity index is 2.18. The molecule has 2 saturated heterocycles. The minimum Gasteiger partial charge on any atom is -0.468 e. The van der Waals surface area contributed by atoms with E-state index in [-0.39, 0.29) is 5.92 Å². The van der Waals surface area contributed by atoms with Crippen LogP contribution < -0.4 is 5.32 Å². The molecule has 0 unspecified atom stereocenters. The van der Waals surface area contributed by atoms with Gasteiger partial charge in [-0.25, -0.2) is 9.18 Å². The van der Waals surface area contributed by atoms with Gasteiger partial charge < -0.3 is 4.74 Å². The number of carbonyl (C=O) groups is 1. The summed E-state index contributed by atoms with van der Waals surface area (Å²) in [6, 6.07) is 0. The number of methoxy groups -OCH3 is 1. The smallest absolute Gasteiger partial charge is 0.329 e. The molecule has 0 aromatic carbocycles. The van der Waals surface area contributed by atoms with Crippen LogP contribution in [0, 0.1) is 5.92 Å². The number of hydrogen-bond donors (Lipinski definition) is 1. The van der Waals surface area contributed by atoms with Crippen LogP contribution in [0.2, 0.25) is 0 Å². The molecule has 0 spiro atoms. The van der Waals surface area contributed by atoms with Crippen molar-refractivity contribution < 1.29 is 13.9 Å². The summed E-state index contributed by atoms with van der Waals surface area (Å²) in [6.07, 6.45) is -0.434. The fraction of sp³-hybridized carbons (Fsp3) is 0.857. The third-order valence-corrected chi connectivity index (χ3v) is 2.70. The molecule has 62 valence electrons. The van der Waals surface area contributed by atoms with Crippen molar-refractivity contribution in [1.82, 2.24) is 5.32 Å². The molecule has 4 heteroatoms. The molecule has 0 aromatic rings. The fourth-order valence-corrected chi connectivity index (χ4v) is 1.98. The van der Waals surface area contributed by atoms with Crippen LogP contribution in [0.5, 0.6) is 0 Å². The first-order valence-electron chi connectivity index (χ1n) is 3.68. The van der Waals surface area contributed by atoms with E-state index in [4.69, 9.17) is 0 Å². The number of hydrogen-bond acceptors (Lipinski definition) is 3. The molecule has 3 aliphatic rings. The van der Waals surface area contributed by atoms with E-state index in [0.717, 1.165) is 0 Å². The van der Waals surface area contributed by atoms with Crippen molar-refractivity contribution in [3.8, 4) is 0 Å². The molecule has 0 aromatic heterocycles. The molecule has 0 radical (unpaired) electrons. The van der Waals surface area contributed by atoms with E-state index in [1.54, 1.807) is 0 Å². The number of ether oxygens (including phenoxy) is 1. The van der Waals surface area contributed by atoms with Gasteiger partial charge >= 0.3 is 5.97 Å². The Bertz CT molecular complexity index is 205. The van der Waals surface area contributed by atoms with Crippen LogP contribution in [-0.2, 0) is 9.53 Å². The van der Waals surface area contributed by atoms with Gasteiger partial charge in [0.05, 0.1) is 7.11 Å². The van der Waals surface area contributed by atoms with E-state index in [1.165, 1.54) is 7.11 Å². The Morgan fingerprint density at radius 2 is 2.55 bits per heavy atom. The van der Waals surface area contributed by atoms with Crippen LogP contribution in [0.1, 0.15) is 6.42 Å². The maximum atomic E-state index is 13.1. The second-order valence-corrected chi connectivity index (χ2v) is 3.21. The van der Waals surface area contributed by atoms with Crippen LogP contribution >= 0.6 is 0 Å². The lowest BCUT2D eigenvalue weighted by Gasteiger charge is -2.38. The Labute approximate surface area is 63.9 Å². The molecule has 3 nitrogen and oxygen atoms in total. The van der Waals surface area contributed by atoms with Crippen LogP contribution in [0.15, 0.2) is 0 Å². The van der Waals surface area contributed by atoms with Crippen molar-refractivity contribution in [3.05, 3.63) is 0 Å². The summed E-state index contributed by atoms with van der Waals surface area (Å²) in [5, 5.41) is 2.86. The van der Waals surface area contributed by atoms with Crippen LogP contribution in [0.4, 0.5) is 4.39 Å². The van der Waals surface area contributed by atoms with Crippen molar-refractivity contribution in [2.75, 3.05) is 13.7 Å². The lowest BCUT2D eigenvalue weighted by atomic mass is 9.71. The van der Waals surface area contributed by atoms with Gasteiger partial charge in [0.15, 0.2) is 0 Å². The zero-order chi connectivity index (χ0) is 8.06. The van der Waals surface area contributed by atoms with E-state index in [1.807, 2.05) is 0 Å². The van der Waals surface area contributed by atoms with Gasteiger partial charge in [0.25, 0.3) is 0 Å². The number of esters is 1. The average molecular weight is 159 g/mol. The van der Waals surface area contributed by atoms with Gasteiger partial charge in [-0.1, -0.05) is 0 Å². The molecule has 3 fully saturated rings. The predicted octanol–water partition coefficient (Wildman–Crippen LogP) is -0.141. The summed E-state index contributed by atoms with van der Waals surface area (Å²) in [5.74, 6) is -0.423. The Morgan fingerprint density at radius 3 is 2.91 bits per heavy atom. The first-order valence-corrected chi connectivity index (χ1v) is 3.68. The average Bonchev–Trinajstić information content (AvgIpc) is 2.58. The maximum absolute atomic E-state index is 13.1. The number of rotatable bonds is 1. The van der Waals surface area contributed by atoms with Crippen molar-refractivity contribution in [1.29, 1.82) is 0 Å². The third-order valence-electron chi connectivity index (χ3n) is 2.70. The second-order valence-electron chi connectivity index (χ2n) is 3.21. The lowest BCUT2D eigenvalue weighted by molar-refractivity contribution is -0.156. The summed E-state index contributed by atoms with van der Waals surface area (Å²) in [7, 11) is 1.29. The molecular formula is C7H10FNO2. The highest BCUT2D eigenvalue weighted by Crippen LogP contribution is 2.46. The summed E-state index contributed by atoms with van der Waals surface area (Å²) in [5.41, 5.74) is -0.973. The first-order chi connectivity index (χ1) is 5.20. The quantitative estimate of drug-likeness (QED) is 0.541. The van der Waals surface area contributed by atoms with Gasteiger partial charge in [-0.2, -0.15) is 0 Å². The first kappa shape index (κ1) is 7.03. The molecule has 2 aliphatic heterocycles. The molecule has 1 saturated carbocycles. The molecule has 1 N–H and O–H groups in total. The topological polar surface area (TPSA) is 38.3 Å².